The van der Waals surface area contributed by atoms with Crippen molar-refractivity contribution >= 4 is 18.0 Å². The summed E-state index contributed by atoms with van der Waals surface area (Å²) in [6.45, 7) is 0.521. The first-order valence-electron chi connectivity index (χ1n) is 8.08. The van der Waals surface area contributed by atoms with E-state index in [2.05, 4.69) is 10.6 Å². The van der Waals surface area contributed by atoms with Crippen molar-refractivity contribution in [3.8, 4) is 0 Å². The van der Waals surface area contributed by atoms with Crippen LogP contribution in [0.5, 0.6) is 0 Å². The molecule has 1 aromatic rings. The molecule has 0 aliphatic carbocycles. The summed E-state index contributed by atoms with van der Waals surface area (Å²) in [4.78, 5) is 34.6. The molecule has 1 atom stereocenters. The Labute approximate surface area is 147 Å². The monoisotopic (exact) mass is 351 g/mol. The summed E-state index contributed by atoms with van der Waals surface area (Å²) in [5, 5.41) is 5.14. The molecular formula is C17H25N3O5. The number of amides is 2. The van der Waals surface area contributed by atoms with Gasteiger partial charge in [-0.05, 0) is 24.8 Å². The number of benzene rings is 1. The van der Waals surface area contributed by atoms with E-state index in [1.165, 1.54) is 7.11 Å². The molecule has 0 aliphatic heterocycles. The summed E-state index contributed by atoms with van der Waals surface area (Å²) < 4.78 is 9.79. The maximum atomic E-state index is 11.9. The summed E-state index contributed by atoms with van der Waals surface area (Å²) in [6, 6.07) is 8.43. The van der Waals surface area contributed by atoms with Crippen LogP contribution >= 0.6 is 0 Å². The lowest BCUT2D eigenvalue weighted by Gasteiger charge is -2.16. The highest BCUT2D eigenvalue weighted by molar-refractivity contribution is 5.81. The molecule has 8 heteroatoms. The Kier molecular flexibility index (Phi) is 9.69. The summed E-state index contributed by atoms with van der Waals surface area (Å²) in [5.74, 6) is -0.769. The molecule has 0 fully saturated rings. The summed E-state index contributed by atoms with van der Waals surface area (Å²) in [5.41, 5.74) is 6.03. The molecule has 0 saturated carbocycles. The third-order valence-corrected chi connectivity index (χ3v) is 3.42. The molecule has 0 aromatic heterocycles. The standard InChI is InChI=1S/C17H25N3O5/c1-24-16(22)14(9-5-6-10-19-15(21)11-18)20-17(23)25-12-13-7-3-2-4-8-13/h2-4,7-8,14H,5-6,9-12,18H2,1H3,(H,19,21)(H,20,23)/t14-/m0/s1. The molecule has 0 aliphatic rings. The molecule has 0 spiro atoms. The van der Waals surface area contributed by atoms with Crippen LogP contribution in [0.2, 0.25) is 0 Å². The lowest BCUT2D eigenvalue weighted by molar-refractivity contribution is -0.143. The minimum atomic E-state index is -0.793. The van der Waals surface area contributed by atoms with Crippen LogP contribution in [0, 0.1) is 0 Å². The molecule has 25 heavy (non-hydrogen) atoms. The molecule has 0 heterocycles. The Bertz CT molecular complexity index is 550. The van der Waals surface area contributed by atoms with Crippen LogP contribution in [0.3, 0.4) is 0 Å². The van der Waals surface area contributed by atoms with Gasteiger partial charge in [0.2, 0.25) is 5.91 Å². The van der Waals surface area contributed by atoms with Crippen LogP contribution < -0.4 is 16.4 Å². The van der Waals surface area contributed by atoms with Gasteiger partial charge in [-0.15, -0.1) is 0 Å². The zero-order valence-corrected chi connectivity index (χ0v) is 14.3. The fourth-order valence-electron chi connectivity index (χ4n) is 2.07. The molecule has 4 N–H and O–H groups in total. The first-order valence-corrected chi connectivity index (χ1v) is 8.08. The van der Waals surface area contributed by atoms with Gasteiger partial charge in [0.15, 0.2) is 0 Å². The van der Waals surface area contributed by atoms with Crippen LogP contribution in [-0.4, -0.2) is 44.2 Å². The first-order chi connectivity index (χ1) is 12.1. The summed E-state index contributed by atoms with van der Waals surface area (Å²) >= 11 is 0. The van der Waals surface area contributed by atoms with E-state index in [1.807, 2.05) is 30.3 Å². The number of alkyl carbamates (subject to hydrolysis) is 1. The topological polar surface area (TPSA) is 120 Å². The largest absolute Gasteiger partial charge is 0.467 e. The quantitative estimate of drug-likeness (QED) is 0.422. The third kappa shape index (κ3) is 8.71. The Morgan fingerprint density at radius 1 is 1.16 bits per heavy atom. The summed E-state index contributed by atoms with van der Waals surface area (Å²) in [6.07, 6.45) is 0.963. The second kappa shape index (κ2) is 11.9. The highest BCUT2D eigenvalue weighted by atomic mass is 16.6. The average molecular weight is 351 g/mol. The zero-order chi connectivity index (χ0) is 18.5. The van der Waals surface area contributed by atoms with Crippen molar-refractivity contribution in [2.75, 3.05) is 20.2 Å². The van der Waals surface area contributed by atoms with E-state index in [-0.39, 0.29) is 19.1 Å². The normalized spacial score (nSPS) is 11.3. The van der Waals surface area contributed by atoms with E-state index >= 15 is 0 Å². The number of carbonyl (C=O) groups is 3. The van der Waals surface area contributed by atoms with Crippen LogP contribution in [0.4, 0.5) is 4.79 Å². The Morgan fingerprint density at radius 3 is 2.52 bits per heavy atom. The SMILES string of the molecule is COC(=O)[C@H](CCCCNC(=O)CN)NC(=O)OCc1ccccc1. The van der Waals surface area contributed by atoms with Gasteiger partial charge in [-0.2, -0.15) is 0 Å². The van der Waals surface area contributed by atoms with Crippen molar-refractivity contribution in [2.45, 2.75) is 31.9 Å². The van der Waals surface area contributed by atoms with Crippen molar-refractivity contribution in [1.82, 2.24) is 10.6 Å². The van der Waals surface area contributed by atoms with Crippen LogP contribution in [0.1, 0.15) is 24.8 Å². The van der Waals surface area contributed by atoms with Gasteiger partial charge in [0, 0.05) is 6.54 Å². The van der Waals surface area contributed by atoms with Crippen molar-refractivity contribution in [3.63, 3.8) is 0 Å². The van der Waals surface area contributed by atoms with Crippen LogP contribution in [-0.2, 0) is 25.7 Å². The molecule has 0 unspecified atom stereocenters. The maximum absolute atomic E-state index is 11.9. The first kappa shape index (κ1) is 20.4. The molecule has 8 nitrogen and oxygen atoms in total. The molecule has 138 valence electrons. The van der Waals surface area contributed by atoms with Crippen molar-refractivity contribution in [3.05, 3.63) is 35.9 Å². The van der Waals surface area contributed by atoms with E-state index in [1.54, 1.807) is 0 Å². The number of hydrogen-bond acceptors (Lipinski definition) is 6. The third-order valence-electron chi connectivity index (χ3n) is 3.42. The second-order valence-corrected chi connectivity index (χ2v) is 5.33. The van der Waals surface area contributed by atoms with E-state index in [0.29, 0.717) is 25.8 Å². The predicted molar refractivity (Wildman–Crippen MR) is 91.5 cm³/mol. The van der Waals surface area contributed by atoms with Gasteiger partial charge in [0.05, 0.1) is 13.7 Å². The van der Waals surface area contributed by atoms with E-state index in [0.717, 1.165) is 5.56 Å². The smallest absolute Gasteiger partial charge is 0.408 e. The Balaban J connectivity index is 2.35. The molecule has 2 amide bonds. The Morgan fingerprint density at radius 2 is 1.88 bits per heavy atom. The van der Waals surface area contributed by atoms with E-state index in [9.17, 15) is 14.4 Å². The van der Waals surface area contributed by atoms with Crippen molar-refractivity contribution in [2.24, 2.45) is 5.73 Å². The number of hydrogen-bond donors (Lipinski definition) is 3. The Hall–Kier alpha value is -2.61. The van der Waals surface area contributed by atoms with Crippen molar-refractivity contribution < 1.29 is 23.9 Å². The number of unbranched alkanes of at least 4 members (excludes halogenated alkanes) is 1. The highest BCUT2D eigenvalue weighted by Crippen LogP contribution is 2.05. The lowest BCUT2D eigenvalue weighted by atomic mass is 10.1. The fraction of sp³-hybridized carbons (Fsp3) is 0.471. The van der Waals surface area contributed by atoms with Crippen LogP contribution in [0.25, 0.3) is 0 Å². The van der Waals surface area contributed by atoms with Gasteiger partial charge < -0.3 is 25.8 Å². The molecular weight excluding hydrogens is 326 g/mol. The minimum absolute atomic E-state index is 0.0560. The van der Waals surface area contributed by atoms with Crippen LogP contribution in [0.15, 0.2) is 30.3 Å². The van der Waals surface area contributed by atoms with Gasteiger partial charge >= 0.3 is 12.1 Å². The molecule has 1 aromatic carbocycles. The van der Waals surface area contributed by atoms with Gasteiger partial charge in [-0.25, -0.2) is 9.59 Å². The number of nitrogens with two attached hydrogens (primary N) is 1. The molecule has 1 rings (SSSR count). The predicted octanol–water partition coefficient (Wildman–Crippen LogP) is 0.700. The van der Waals surface area contributed by atoms with E-state index < -0.39 is 18.1 Å². The van der Waals surface area contributed by atoms with Gasteiger partial charge in [-0.1, -0.05) is 30.3 Å². The minimum Gasteiger partial charge on any atom is -0.467 e. The van der Waals surface area contributed by atoms with Gasteiger partial charge in [0.1, 0.15) is 12.6 Å². The second-order valence-electron chi connectivity index (χ2n) is 5.33. The molecule has 0 saturated heterocycles. The number of methoxy groups -OCH3 is 1. The zero-order valence-electron chi connectivity index (χ0n) is 14.3. The maximum Gasteiger partial charge on any atom is 0.408 e. The fourth-order valence-corrected chi connectivity index (χ4v) is 2.07. The van der Waals surface area contributed by atoms with Crippen molar-refractivity contribution in [1.29, 1.82) is 0 Å². The number of carbonyl (C=O) groups excluding carboxylic acids is 3. The number of ether oxygens (including phenoxy) is 2. The number of esters is 1. The lowest BCUT2D eigenvalue weighted by Crippen LogP contribution is -2.41. The van der Waals surface area contributed by atoms with Gasteiger partial charge in [-0.3, -0.25) is 4.79 Å². The number of rotatable bonds is 10. The average Bonchev–Trinajstić information content (AvgIpc) is 2.65. The highest BCUT2D eigenvalue weighted by Gasteiger charge is 2.21. The molecule has 0 radical (unpaired) electrons. The van der Waals surface area contributed by atoms with Gasteiger partial charge in [0.25, 0.3) is 0 Å². The van der Waals surface area contributed by atoms with E-state index in [4.69, 9.17) is 15.2 Å². The molecule has 0 bridgehead atoms. The number of nitrogens with one attached hydrogen (secondary N) is 2. The summed E-state index contributed by atoms with van der Waals surface area (Å²) in [7, 11) is 1.26.